The Kier molecular flexibility index (Phi) is 7.34. The molecule has 0 aromatic heterocycles. The number of piperidine rings is 1. The zero-order valence-electron chi connectivity index (χ0n) is 19.6. The zero-order chi connectivity index (χ0) is 24.4. The van der Waals surface area contributed by atoms with Crippen molar-refractivity contribution < 1.29 is 22.7 Å². The molecular formula is C25H30BrN3O5S. The highest BCUT2D eigenvalue weighted by Crippen LogP contribution is 2.33. The molecule has 0 saturated carbocycles. The van der Waals surface area contributed by atoms with Gasteiger partial charge in [-0.1, -0.05) is 34.1 Å². The first kappa shape index (κ1) is 24.5. The Morgan fingerprint density at radius 3 is 2.40 bits per heavy atom. The molecular weight excluding hydrogens is 534 g/mol. The molecule has 2 aromatic rings. The summed E-state index contributed by atoms with van der Waals surface area (Å²) in [6.07, 6.45) is 1.15. The lowest BCUT2D eigenvalue weighted by atomic mass is 9.96. The summed E-state index contributed by atoms with van der Waals surface area (Å²) in [4.78, 5) is 17.4. The maximum Gasteiger partial charge on any atom is 0.231 e. The van der Waals surface area contributed by atoms with Crippen LogP contribution in [0.15, 0.2) is 46.9 Å². The summed E-state index contributed by atoms with van der Waals surface area (Å²) in [5.74, 6) is 1.62. The van der Waals surface area contributed by atoms with Gasteiger partial charge in [-0.3, -0.25) is 9.69 Å². The Bertz CT molecular complexity index is 1180. The number of hydrogen-bond acceptors (Lipinski definition) is 6. The fourth-order valence-corrected chi connectivity index (χ4v) is 6.99. The highest BCUT2D eigenvalue weighted by molar-refractivity contribution is 9.10. The maximum absolute atomic E-state index is 13.1. The summed E-state index contributed by atoms with van der Waals surface area (Å²) in [5.41, 5.74) is 1.93. The van der Waals surface area contributed by atoms with Crippen LogP contribution in [0.1, 0.15) is 24.0 Å². The number of amides is 1. The third kappa shape index (κ3) is 5.82. The summed E-state index contributed by atoms with van der Waals surface area (Å²) in [6, 6.07) is 13.4. The molecule has 2 saturated heterocycles. The quantitative estimate of drug-likeness (QED) is 0.537. The molecule has 35 heavy (non-hydrogen) atoms. The first-order chi connectivity index (χ1) is 16.9. The molecule has 1 amide bonds. The van der Waals surface area contributed by atoms with Crippen molar-refractivity contribution >= 4 is 31.9 Å². The molecule has 5 rings (SSSR count). The summed E-state index contributed by atoms with van der Waals surface area (Å²) in [5, 5.41) is 0. The Morgan fingerprint density at radius 2 is 1.66 bits per heavy atom. The van der Waals surface area contributed by atoms with Crippen molar-refractivity contribution in [2.45, 2.75) is 25.1 Å². The van der Waals surface area contributed by atoms with Crippen LogP contribution >= 0.6 is 15.9 Å². The molecule has 8 nitrogen and oxygen atoms in total. The standard InChI is InChI=1S/C25H30BrN3O5S/c26-22-3-1-2-20(14-22)17-35(31,32)29-8-6-21(7-9-29)25(30)28-12-10-27(11-13-28)16-19-4-5-23-24(15-19)34-18-33-23/h1-5,14-15,21H,6-13,16-18H2. The van der Waals surface area contributed by atoms with E-state index in [1.54, 1.807) is 4.31 Å². The van der Waals surface area contributed by atoms with Gasteiger partial charge in [0.25, 0.3) is 0 Å². The van der Waals surface area contributed by atoms with Gasteiger partial charge in [0, 0.05) is 56.2 Å². The van der Waals surface area contributed by atoms with Crippen LogP contribution < -0.4 is 9.47 Å². The van der Waals surface area contributed by atoms with E-state index in [-0.39, 0.29) is 24.4 Å². The van der Waals surface area contributed by atoms with Gasteiger partial charge in [-0.15, -0.1) is 0 Å². The third-order valence-corrected chi connectivity index (χ3v) is 9.31. The summed E-state index contributed by atoms with van der Waals surface area (Å²) in [7, 11) is -3.40. The molecule has 10 heteroatoms. The van der Waals surface area contributed by atoms with Gasteiger partial charge in [-0.05, 0) is 48.2 Å². The maximum atomic E-state index is 13.1. The molecule has 0 atom stereocenters. The summed E-state index contributed by atoms with van der Waals surface area (Å²) in [6.45, 7) is 4.92. The highest BCUT2D eigenvalue weighted by atomic mass is 79.9. The number of sulfonamides is 1. The van der Waals surface area contributed by atoms with Crippen LogP contribution in [0.3, 0.4) is 0 Å². The monoisotopic (exact) mass is 563 g/mol. The number of carbonyl (C=O) groups is 1. The van der Waals surface area contributed by atoms with Gasteiger partial charge in [0.15, 0.2) is 11.5 Å². The number of piperazine rings is 1. The first-order valence-electron chi connectivity index (χ1n) is 12.0. The van der Waals surface area contributed by atoms with Crippen LogP contribution in [0.4, 0.5) is 0 Å². The van der Waals surface area contributed by atoms with Crippen LogP contribution in [0.25, 0.3) is 0 Å². The number of nitrogens with zero attached hydrogens (tertiary/aromatic N) is 3. The van der Waals surface area contributed by atoms with Crippen molar-refractivity contribution in [2.24, 2.45) is 5.92 Å². The molecule has 2 fully saturated rings. The van der Waals surface area contributed by atoms with Crippen molar-refractivity contribution in [2.75, 3.05) is 46.1 Å². The normalized spacial score (nSPS) is 19.7. The lowest BCUT2D eigenvalue weighted by Crippen LogP contribution is -2.51. The number of halogens is 1. The van der Waals surface area contributed by atoms with Crippen LogP contribution in [-0.2, 0) is 27.1 Å². The van der Waals surface area contributed by atoms with Crippen molar-refractivity contribution in [3.63, 3.8) is 0 Å². The van der Waals surface area contributed by atoms with Crippen molar-refractivity contribution in [3.8, 4) is 11.5 Å². The molecule has 0 aliphatic carbocycles. The van der Waals surface area contributed by atoms with Gasteiger partial charge in [-0.2, -0.15) is 0 Å². The van der Waals surface area contributed by atoms with Gasteiger partial charge in [0.1, 0.15) is 0 Å². The number of rotatable bonds is 6. The molecule has 3 aliphatic heterocycles. The molecule has 188 valence electrons. The third-order valence-electron chi connectivity index (χ3n) is 6.96. The van der Waals surface area contributed by atoms with Crippen molar-refractivity contribution in [3.05, 3.63) is 58.1 Å². The minimum Gasteiger partial charge on any atom is -0.454 e. The second-order valence-electron chi connectivity index (χ2n) is 9.35. The van der Waals surface area contributed by atoms with E-state index in [0.29, 0.717) is 39.0 Å². The Labute approximate surface area is 215 Å². The summed E-state index contributed by atoms with van der Waals surface area (Å²) < 4.78 is 39.0. The number of benzene rings is 2. The first-order valence-corrected chi connectivity index (χ1v) is 14.4. The minimum absolute atomic E-state index is 0.0175. The van der Waals surface area contributed by atoms with Crippen LogP contribution in [-0.4, -0.2) is 74.5 Å². The SMILES string of the molecule is O=C(C1CCN(S(=O)(=O)Cc2cccc(Br)c2)CC1)N1CCN(Cc2ccc3c(c2)OCO3)CC1. The van der Waals surface area contributed by atoms with Crippen molar-refractivity contribution in [1.29, 1.82) is 0 Å². The van der Waals surface area contributed by atoms with Gasteiger partial charge in [-0.25, -0.2) is 12.7 Å². The van der Waals surface area contributed by atoms with E-state index in [1.807, 2.05) is 41.3 Å². The summed E-state index contributed by atoms with van der Waals surface area (Å²) >= 11 is 3.39. The highest BCUT2D eigenvalue weighted by Gasteiger charge is 2.34. The van der Waals surface area contributed by atoms with E-state index in [9.17, 15) is 13.2 Å². The van der Waals surface area contributed by atoms with Crippen LogP contribution in [0, 0.1) is 5.92 Å². The molecule has 0 N–H and O–H groups in total. The fraction of sp³-hybridized carbons (Fsp3) is 0.480. The number of hydrogen-bond donors (Lipinski definition) is 0. The van der Waals surface area contributed by atoms with Gasteiger partial charge < -0.3 is 14.4 Å². The minimum atomic E-state index is -3.40. The fourth-order valence-electron chi connectivity index (χ4n) is 4.99. The molecule has 0 radical (unpaired) electrons. The smallest absolute Gasteiger partial charge is 0.231 e. The Hall–Kier alpha value is -2.14. The Balaban J connectivity index is 1.09. The second kappa shape index (κ2) is 10.5. The van der Waals surface area contributed by atoms with E-state index in [0.717, 1.165) is 41.2 Å². The molecule has 3 heterocycles. The predicted octanol–water partition coefficient (Wildman–Crippen LogP) is 3.06. The lowest BCUT2D eigenvalue weighted by Gasteiger charge is -2.38. The number of fused-ring (bicyclic) bond motifs is 1. The number of carbonyl (C=O) groups excluding carboxylic acids is 1. The van der Waals surface area contributed by atoms with E-state index in [2.05, 4.69) is 26.9 Å². The lowest BCUT2D eigenvalue weighted by molar-refractivity contribution is -0.138. The largest absolute Gasteiger partial charge is 0.454 e. The topological polar surface area (TPSA) is 79.4 Å². The average molecular weight is 565 g/mol. The molecule has 2 aromatic carbocycles. The molecule has 0 unspecified atom stereocenters. The second-order valence-corrected chi connectivity index (χ2v) is 12.2. The van der Waals surface area contributed by atoms with Crippen LogP contribution in [0.2, 0.25) is 0 Å². The Morgan fingerprint density at radius 1 is 0.914 bits per heavy atom. The molecule has 0 spiro atoms. The van der Waals surface area contributed by atoms with Gasteiger partial charge in [0.2, 0.25) is 22.7 Å². The molecule has 3 aliphatic rings. The molecule has 0 bridgehead atoms. The van der Waals surface area contributed by atoms with E-state index >= 15 is 0 Å². The number of ether oxygens (including phenoxy) is 2. The van der Waals surface area contributed by atoms with Gasteiger partial charge in [0.05, 0.1) is 5.75 Å². The van der Waals surface area contributed by atoms with Gasteiger partial charge >= 0.3 is 0 Å². The van der Waals surface area contributed by atoms with Crippen LogP contribution in [0.5, 0.6) is 11.5 Å². The average Bonchev–Trinajstić information content (AvgIpc) is 3.32. The van der Waals surface area contributed by atoms with E-state index < -0.39 is 10.0 Å². The van der Waals surface area contributed by atoms with Crippen molar-refractivity contribution in [1.82, 2.24) is 14.1 Å². The van der Waals surface area contributed by atoms with E-state index in [4.69, 9.17) is 9.47 Å². The zero-order valence-corrected chi connectivity index (χ0v) is 22.0. The van der Waals surface area contributed by atoms with E-state index in [1.165, 1.54) is 5.56 Å². The predicted molar refractivity (Wildman–Crippen MR) is 135 cm³/mol.